The average Bonchev–Trinajstić information content (AvgIpc) is 2.48. The topological polar surface area (TPSA) is 46.3 Å². The Bertz CT molecular complexity index is 760. The largest absolute Gasteiger partial charge is 0.318 e. The lowest BCUT2D eigenvalue weighted by molar-refractivity contribution is -0.126. The van der Waals surface area contributed by atoms with Gasteiger partial charge >= 0.3 is 0 Å². The van der Waals surface area contributed by atoms with Crippen molar-refractivity contribution in [3.8, 4) is 0 Å². The summed E-state index contributed by atoms with van der Waals surface area (Å²) < 4.78 is 0. The molecule has 1 amide bonds. The number of hydrogen-bond donors (Lipinski definition) is 1. The first kappa shape index (κ1) is 15.3. The Morgan fingerprint density at radius 3 is 2.41 bits per heavy atom. The highest BCUT2D eigenvalue weighted by Crippen LogP contribution is 2.41. The molecule has 3 rings (SSSR count). The van der Waals surface area contributed by atoms with Crippen LogP contribution in [-0.4, -0.2) is 11.9 Å². The highest BCUT2D eigenvalue weighted by Gasteiger charge is 2.47. The molecule has 0 spiro atoms. The van der Waals surface area contributed by atoms with Crippen molar-refractivity contribution in [3.63, 3.8) is 0 Å². The third kappa shape index (κ3) is 2.39. The molecule has 1 saturated heterocycles. The van der Waals surface area contributed by atoms with E-state index in [1.165, 1.54) is 5.56 Å². The monoisotopic (exact) mass is 334 g/mol. The molecule has 2 aromatic rings. The van der Waals surface area contributed by atoms with E-state index in [4.69, 9.17) is 28.9 Å². The van der Waals surface area contributed by atoms with Gasteiger partial charge in [-0.1, -0.05) is 35.3 Å². The second kappa shape index (κ2) is 5.58. The summed E-state index contributed by atoms with van der Waals surface area (Å²) in [7, 11) is 0. The van der Waals surface area contributed by atoms with E-state index in [0.29, 0.717) is 10.0 Å². The molecule has 0 radical (unpaired) electrons. The second-order valence-corrected chi connectivity index (χ2v) is 6.46. The highest BCUT2D eigenvalue weighted by atomic mass is 35.5. The number of nitrogens with zero attached hydrogens (tertiary/aromatic N) is 1. The molecule has 2 aromatic carbocycles. The van der Waals surface area contributed by atoms with Gasteiger partial charge in [-0.3, -0.25) is 4.79 Å². The second-order valence-electron chi connectivity index (χ2n) is 5.61. The number of carbonyl (C=O) groups is 1. The molecular formula is C17H16Cl2N2O. The van der Waals surface area contributed by atoms with Crippen LogP contribution in [0.25, 0.3) is 0 Å². The minimum absolute atomic E-state index is 0.0979. The van der Waals surface area contributed by atoms with E-state index in [0.717, 1.165) is 16.8 Å². The van der Waals surface area contributed by atoms with Gasteiger partial charge < -0.3 is 10.6 Å². The third-order valence-electron chi connectivity index (χ3n) is 4.19. The van der Waals surface area contributed by atoms with Gasteiger partial charge in [-0.25, -0.2) is 0 Å². The van der Waals surface area contributed by atoms with E-state index < -0.39 is 6.04 Å². The van der Waals surface area contributed by atoms with Crippen molar-refractivity contribution in [2.45, 2.75) is 25.9 Å². The molecule has 1 aliphatic heterocycles. The Balaban J connectivity index is 2.02. The molecule has 2 atom stereocenters. The Kier molecular flexibility index (Phi) is 3.89. The fourth-order valence-corrected chi connectivity index (χ4v) is 3.27. The standard InChI is InChI=1S/C17H16Cl2N2O/c1-9-3-5-12(7-10(9)2)21-16(15(20)17(21)22)13-6-4-11(18)8-14(13)19/h3-8,15-16H,20H2,1-2H3. The van der Waals surface area contributed by atoms with Gasteiger partial charge in [0.25, 0.3) is 0 Å². The Morgan fingerprint density at radius 1 is 1.05 bits per heavy atom. The maximum absolute atomic E-state index is 12.3. The first-order chi connectivity index (χ1) is 10.4. The number of anilines is 1. The minimum Gasteiger partial charge on any atom is -0.318 e. The minimum atomic E-state index is -0.583. The maximum atomic E-state index is 12.3. The molecule has 2 N–H and O–H groups in total. The fraction of sp³-hybridized carbons (Fsp3) is 0.235. The fourth-order valence-electron chi connectivity index (χ4n) is 2.75. The van der Waals surface area contributed by atoms with Crippen LogP contribution in [0.5, 0.6) is 0 Å². The van der Waals surface area contributed by atoms with Crippen molar-refractivity contribution in [2.75, 3.05) is 4.90 Å². The molecule has 2 unspecified atom stereocenters. The van der Waals surface area contributed by atoms with E-state index in [2.05, 4.69) is 0 Å². The van der Waals surface area contributed by atoms with E-state index in [9.17, 15) is 4.79 Å². The first-order valence-corrected chi connectivity index (χ1v) is 7.76. The first-order valence-electron chi connectivity index (χ1n) is 7.01. The number of aryl methyl sites for hydroxylation is 2. The number of rotatable bonds is 2. The van der Waals surface area contributed by atoms with Crippen molar-refractivity contribution in [1.82, 2.24) is 0 Å². The molecule has 0 saturated carbocycles. The number of nitrogens with two attached hydrogens (primary N) is 1. The Labute approximate surface area is 139 Å². The van der Waals surface area contributed by atoms with E-state index in [1.54, 1.807) is 17.0 Å². The van der Waals surface area contributed by atoms with Gasteiger partial charge in [-0.2, -0.15) is 0 Å². The average molecular weight is 335 g/mol. The Morgan fingerprint density at radius 2 is 1.77 bits per heavy atom. The highest BCUT2D eigenvalue weighted by molar-refractivity contribution is 6.35. The van der Waals surface area contributed by atoms with Gasteiger partial charge in [-0.05, 0) is 54.8 Å². The number of benzene rings is 2. The molecule has 114 valence electrons. The van der Waals surface area contributed by atoms with Crippen molar-refractivity contribution in [2.24, 2.45) is 5.73 Å². The van der Waals surface area contributed by atoms with Crippen LogP contribution in [0.15, 0.2) is 36.4 Å². The van der Waals surface area contributed by atoms with Crippen LogP contribution >= 0.6 is 23.2 Å². The summed E-state index contributed by atoms with van der Waals surface area (Å²) in [6.07, 6.45) is 0. The zero-order valence-electron chi connectivity index (χ0n) is 12.3. The number of halogens is 2. The lowest BCUT2D eigenvalue weighted by Crippen LogP contribution is -2.63. The molecular weight excluding hydrogens is 319 g/mol. The van der Waals surface area contributed by atoms with E-state index in [1.807, 2.05) is 38.1 Å². The van der Waals surface area contributed by atoms with E-state index >= 15 is 0 Å². The molecule has 5 heteroatoms. The molecule has 22 heavy (non-hydrogen) atoms. The van der Waals surface area contributed by atoms with Gasteiger partial charge in [0.2, 0.25) is 5.91 Å². The number of hydrogen-bond acceptors (Lipinski definition) is 2. The van der Waals surface area contributed by atoms with Crippen molar-refractivity contribution >= 4 is 34.8 Å². The van der Waals surface area contributed by atoms with Crippen LogP contribution in [0.4, 0.5) is 5.69 Å². The summed E-state index contributed by atoms with van der Waals surface area (Å²) >= 11 is 12.2. The zero-order valence-corrected chi connectivity index (χ0v) is 13.8. The van der Waals surface area contributed by atoms with Crippen molar-refractivity contribution < 1.29 is 4.79 Å². The lowest BCUT2D eigenvalue weighted by Gasteiger charge is -2.46. The molecule has 1 heterocycles. The summed E-state index contributed by atoms with van der Waals surface area (Å²) in [5.74, 6) is -0.0979. The zero-order chi connectivity index (χ0) is 16.0. The van der Waals surface area contributed by atoms with Crippen LogP contribution in [0.3, 0.4) is 0 Å². The van der Waals surface area contributed by atoms with Crippen LogP contribution in [-0.2, 0) is 4.79 Å². The number of carbonyl (C=O) groups excluding carboxylic acids is 1. The summed E-state index contributed by atoms with van der Waals surface area (Å²) in [6.45, 7) is 4.06. The summed E-state index contributed by atoms with van der Waals surface area (Å²) in [6, 6.07) is 10.3. The predicted molar refractivity (Wildman–Crippen MR) is 90.6 cm³/mol. The van der Waals surface area contributed by atoms with Crippen LogP contribution in [0, 0.1) is 13.8 Å². The lowest BCUT2D eigenvalue weighted by atomic mass is 9.88. The van der Waals surface area contributed by atoms with Crippen LogP contribution < -0.4 is 10.6 Å². The van der Waals surface area contributed by atoms with Gasteiger partial charge in [0, 0.05) is 15.7 Å². The molecule has 1 fully saturated rings. The van der Waals surface area contributed by atoms with Crippen LogP contribution in [0.2, 0.25) is 10.0 Å². The summed E-state index contributed by atoms with van der Waals surface area (Å²) in [5, 5.41) is 1.08. The van der Waals surface area contributed by atoms with E-state index in [-0.39, 0.29) is 11.9 Å². The molecule has 1 aliphatic rings. The van der Waals surface area contributed by atoms with Gasteiger partial charge in [0.05, 0.1) is 6.04 Å². The third-order valence-corrected chi connectivity index (χ3v) is 4.75. The normalized spacial score (nSPS) is 21.0. The number of amides is 1. The smallest absolute Gasteiger partial charge is 0.247 e. The van der Waals surface area contributed by atoms with Gasteiger partial charge in [0.15, 0.2) is 0 Å². The molecule has 0 aliphatic carbocycles. The van der Waals surface area contributed by atoms with Crippen molar-refractivity contribution in [1.29, 1.82) is 0 Å². The van der Waals surface area contributed by atoms with Gasteiger partial charge in [-0.15, -0.1) is 0 Å². The Hall–Kier alpha value is -1.55. The predicted octanol–water partition coefficient (Wildman–Crippen LogP) is 4.03. The molecule has 0 bridgehead atoms. The summed E-state index contributed by atoms with van der Waals surface area (Å²) in [4.78, 5) is 14.0. The number of β-lactam (4-membered cyclic amide) rings is 1. The van der Waals surface area contributed by atoms with Crippen molar-refractivity contribution in [3.05, 3.63) is 63.1 Å². The molecule has 0 aromatic heterocycles. The summed E-state index contributed by atoms with van der Waals surface area (Å²) in [5.41, 5.74) is 9.99. The quantitative estimate of drug-likeness (QED) is 0.843. The molecule has 3 nitrogen and oxygen atoms in total. The SMILES string of the molecule is Cc1ccc(N2C(=O)C(N)C2c2ccc(Cl)cc2Cl)cc1C. The van der Waals surface area contributed by atoms with Crippen LogP contribution in [0.1, 0.15) is 22.7 Å². The maximum Gasteiger partial charge on any atom is 0.247 e. The van der Waals surface area contributed by atoms with Gasteiger partial charge in [0.1, 0.15) is 6.04 Å².